The summed E-state index contributed by atoms with van der Waals surface area (Å²) < 4.78 is 76.5. The number of amides is 3. The Balaban J connectivity index is 1.47. The van der Waals surface area contributed by atoms with Gasteiger partial charge < -0.3 is 20.5 Å². The fraction of sp³-hybridized carbons (Fsp3) is 0.222. The van der Waals surface area contributed by atoms with Crippen molar-refractivity contribution in [1.29, 1.82) is 0 Å². The zero-order valence-corrected chi connectivity index (χ0v) is 27.7. The van der Waals surface area contributed by atoms with Gasteiger partial charge in [-0.15, -0.1) is 23.2 Å². The molecule has 3 N–H and O–H groups in total. The van der Waals surface area contributed by atoms with Crippen LogP contribution >= 0.6 is 69.6 Å². The second-order valence-electron chi connectivity index (χ2n) is 9.74. The van der Waals surface area contributed by atoms with E-state index in [2.05, 4.69) is 10.6 Å². The Morgan fingerprint density at radius 2 is 1.52 bits per heavy atom. The molecule has 4 rings (SSSR count). The van der Waals surface area contributed by atoms with Crippen molar-refractivity contribution in [2.75, 3.05) is 27.5 Å². The lowest BCUT2D eigenvalue weighted by molar-refractivity contribution is -0.117. The number of rotatable bonds is 9. The average Bonchev–Trinajstić information content (AvgIpc) is 3.52. The van der Waals surface area contributed by atoms with Gasteiger partial charge in [-0.25, -0.2) is 8.78 Å². The van der Waals surface area contributed by atoms with Crippen molar-refractivity contribution in [2.45, 2.75) is 16.4 Å². The lowest BCUT2D eigenvalue weighted by Crippen LogP contribution is -2.31. The standard InChI is InChI=1S/C27H16Cl6F5N3O4S/c28-13-2-1-11(39-25(44)20-19(27(20,32)33)10-5-14(29)21(31)15(30)6-10)7-12(13)24(43)40-17-4-3-16(34)23(22(17)35)41-18(42)8-46(45)9-26(36,37)38/h1-7,19-20H,8-9H2,(H,39,44)(H,40,43)(H,41,42)/t19-,20?,46?/m0/s1. The first-order valence-electron chi connectivity index (χ1n) is 12.4. The first kappa shape index (κ1) is 36.6. The van der Waals surface area contributed by atoms with Gasteiger partial charge >= 0.3 is 6.18 Å². The molecular weight excluding hydrogens is 770 g/mol. The fourth-order valence-electron chi connectivity index (χ4n) is 4.33. The Bertz CT molecular complexity index is 1710. The number of alkyl halides is 5. The average molecular weight is 786 g/mol. The molecule has 46 heavy (non-hydrogen) atoms. The van der Waals surface area contributed by atoms with Gasteiger partial charge in [0, 0.05) is 11.6 Å². The van der Waals surface area contributed by atoms with Gasteiger partial charge in [-0.1, -0.05) is 46.4 Å². The van der Waals surface area contributed by atoms with Crippen molar-refractivity contribution in [1.82, 2.24) is 0 Å². The van der Waals surface area contributed by atoms with Gasteiger partial charge in [0.05, 0.1) is 37.3 Å². The maximum absolute atomic E-state index is 15.1. The zero-order chi connectivity index (χ0) is 34.3. The number of hydrogen-bond acceptors (Lipinski definition) is 4. The Labute approximate surface area is 290 Å². The molecule has 7 nitrogen and oxygen atoms in total. The molecule has 1 aliphatic carbocycles. The Hall–Kier alpha value is -2.23. The van der Waals surface area contributed by atoms with E-state index in [1.165, 1.54) is 24.3 Å². The highest BCUT2D eigenvalue weighted by molar-refractivity contribution is 7.92. The lowest BCUT2D eigenvalue weighted by atomic mass is 10.1. The minimum atomic E-state index is -4.83. The van der Waals surface area contributed by atoms with Gasteiger partial charge in [0.2, 0.25) is 11.7 Å². The van der Waals surface area contributed by atoms with E-state index >= 15 is 4.39 Å². The molecule has 0 bridgehead atoms. The van der Waals surface area contributed by atoms with Gasteiger partial charge in [0.25, 0.3) is 11.8 Å². The summed E-state index contributed by atoms with van der Waals surface area (Å²) >= 11 is 34.4. The van der Waals surface area contributed by atoms with E-state index in [1.54, 1.807) is 5.32 Å². The summed E-state index contributed by atoms with van der Waals surface area (Å²) in [6, 6.07) is 8.16. The highest BCUT2D eigenvalue weighted by atomic mass is 35.5. The van der Waals surface area contributed by atoms with Crippen LogP contribution in [-0.2, 0) is 20.8 Å². The van der Waals surface area contributed by atoms with Crippen molar-refractivity contribution >= 4 is 116 Å². The maximum Gasteiger partial charge on any atom is 0.433 e. The second-order valence-corrected chi connectivity index (χ2v) is 14.2. The third kappa shape index (κ3) is 8.43. The smallest absolute Gasteiger partial charge is 0.433 e. The van der Waals surface area contributed by atoms with Crippen LogP contribution < -0.4 is 16.0 Å². The Morgan fingerprint density at radius 3 is 2.13 bits per heavy atom. The van der Waals surface area contributed by atoms with E-state index in [9.17, 15) is 36.5 Å². The van der Waals surface area contributed by atoms with Crippen LogP contribution in [0.4, 0.5) is 39.0 Å². The van der Waals surface area contributed by atoms with Crippen LogP contribution in [0.15, 0.2) is 42.5 Å². The van der Waals surface area contributed by atoms with Gasteiger partial charge in [-0.3, -0.25) is 14.4 Å². The monoisotopic (exact) mass is 783 g/mol. The topological polar surface area (TPSA) is 110 Å². The molecule has 3 amide bonds. The normalized spacial score (nSPS) is 17.7. The first-order valence-corrected chi connectivity index (χ1v) is 16.2. The minimum Gasteiger partial charge on any atom is -0.616 e. The van der Waals surface area contributed by atoms with Crippen LogP contribution in [0.2, 0.25) is 20.1 Å². The number of hydrogen-bond donors (Lipinski definition) is 3. The summed E-state index contributed by atoms with van der Waals surface area (Å²) in [6.07, 6.45) is -4.83. The van der Waals surface area contributed by atoms with Crippen LogP contribution in [0.3, 0.4) is 0 Å². The van der Waals surface area contributed by atoms with E-state index in [-0.39, 0.29) is 31.3 Å². The predicted molar refractivity (Wildman–Crippen MR) is 169 cm³/mol. The molecule has 0 saturated heterocycles. The van der Waals surface area contributed by atoms with E-state index in [1.807, 2.05) is 0 Å². The van der Waals surface area contributed by atoms with Crippen molar-refractivity contribution in [2.24, 2.45) is 5.92 Å². The molecule has 1 aliphatic rings. The summed E-state index contributed by atoms with van der Waals surface area (Å²) in [6.45, 7) is 0. The molecule has 0 aromatic heterocycles. The Kier molecular flexibility index (Phi) is 11.2. The van der Waals surface area contributed by atoms with Crippen LogP contribution in [0, 0.1) is 17.6 Å². The molecule has 0 radical (unpaired) electrons. The van der Waals surface area contributed by atoms with Crippen LogP contribution in [0.1, 0.15) is 21.8 Å². The highest BCUT2D eigenvalue weighted by Crippen LogP contribution is 2.65. The molecule has 246 valence electrons. The number of nitrogens with one attached hydrogen (secondary N) is 3. The van der Waals surface area contributed by atoms with Crippen LogP contribution in [0.25, 0.3) is 0 Å². The molecule has 1 saturated carbocycles. The number of benzene rings is 3. The zero-order valence-electron chi connectivity index (χ0n) is 22.3. The van der Waals surface area contributed by atoms with E-state index < -0.39 is 85.8 Å². The molecule has 0 heterocycles. The maximum atomic E-state index is 15.1. The molecule has 3 aromatic rings. The molecule has 3 atom stereocenters. The highest BCUT2D eigenvalue weighted by Gasteiger charge is 2.67. The summed E-state index contributed by atoms with van der Waals surface area (Å²) in [4.78, 5) is 38.1. The van der Waals surface area contributed by atoms with E-state index in [0.29, 0.717) is 11.6 Å². The number of anilines is 3. The largest absolute Gasteiger partial charge is 0.616 e. The van der Waals surface area contributed by atoms with Gasteiger partial charge in [0.1, 0.15) is 15.8 Å². The molecule has 2 unspecified atom stereocenters. The van der Waals surface area contributed by atoms with Crippen LogP contribution in [0.5, 0.6) is 0 Å². The van der Waals surface area contributed by atoms with Crippen molar-refractivity contribution < 1.29 is 40.9 Å². The summed E-state index contributed by atoms with van der Waals surface area (Å²) in [5, 5.41) is 6.63. The van der Waals surface area contributed by atoms with Crippen molar-refractivity contribution in [3.63, 3.8) is 0 Å². The van der Waals surface area contributed by atoms with E-state index in [0.717, 1.165) is 12.1 Å². The summed E-state index contributed by atoms with van der Waals surface area (Å²) in [5.41, 5.74) is -1.53. The van der Waals surface area contributed by atoms with Gasteiger partial charge in [-0.2, -0.15) is 13.2 Å². The predicted octanol–water partition coefficient (Wildman–Crippen LogP) is 8.61. The fourth-order valence-corrected chi connectivity index (χ4v) is 6.80. The number of halogens is 11. The van der Waals surface area contributed by atoms with E-state index in [4.69, 9.17) is 69.6 Å². The quantitative estimate of drug-likeness (QED) is 0.0874. The Morgan fingerprint density at radius 1 is 0.891 bits per heavy atom. The third-order valence-electron chi connectivity index (χ3n) is 6.40. The minimum absolute atomic E-state index is 0.0564. The SMILES string of the molecule is O=C(C[S+]([O-])CC(F)(F)F)Nc1c(F)ccc(NC(=O)c2cc(NC(=O)C3[C@H](c4cc(Cl)c(Cl)c(Cl)c4)C3(Cl)Cl)ccc2Cl)c1F. The molecular formula is C27H16Cl6F5N3O4S. The van der Waals surface area contributed by atoms with Crippen LogP contribution in [-0.4, -0.2) is 44.3 Å². The molecule has 3 aromatic carbocycles. The molecule has 1 fully saturated rings. The van der Waals surface area contributed by atoms with Crippen molar-refractivity contribution in [3.8, 4) is 0 Å². The van der Waals surface area contributed by atoms with Crippen molar-refractivity contribution in [3.05, 3.63) is 85.3 Å². The van der Waals surface area contributed by atoms with Gasteiger partial charge in [0.15, 0.2) is 11.6 Å². The summed E-state index contributed by atoms with van der Waals surface area (Å²) in [7, 11) is 0. The summed E-state index contributed by atoms with van der Waals surface area (Å²) in [5.74, 6) is -10.6. The first-order chi connectivity index (χ1) is 21.3. The molecule has 19 heteroatoms. The number of carbonyl (C=O) groups excluding carboxylic acids is 3. The lowest BCUT2D eigenvalue weighted by Gasteiger charge is -2.15. The second kappa shape index (κ2) is 14.1. The number of carbonyl (C=O) groups is 3. The van der Waals surface area contributed by atoms with Gasteiger partial charge in [-0.05, 0) is 59.2 Å². The molecule has 0 aliphatic heterocycles. The third-order valence-corrected chi connectivity index (χ3v) is 10.1. The molecule has 0 spiro atoms.